The van der Waals surface area contributed by atoms with E-state index in [1.54, 1.807) is 0 Å². The highest BCUT2D eigenvalue weighted by Gasteiger charge is 2.45. The van der Waals surface area contributed by atoms with Crippen molar-refractivity contribution in [1.82, 2.24) is 4.90 Å². The first-order valence-corrected chi connectivity index (χ1v) is 9.27. The first-order chi connectivity index (χ1) is 11.6. The molecule has 142 valence electrons. The summed E-state index contributed by atoms with van der Waals surface area (Å²) in [6.07, 6.45) is 6.06. The van der Waals surface area contributed by atoms with E-state index in [1.807, 2.05) is 13.0 Å². The van der Waals surface area contributed by atoms with E-state index in [2.05, 4.69) is 64.8 Å². The van der Waals surface area contributed by atoms with Crippen LogP contribution < -0.4 is 0 Å². The molecule has 0 bridgehead atoms. The van der Waals surface area contributed by atoms with Gasteiger partial charge in [-0.05, 0) is 25.0 Å². The highest BCUT2D eigenvalue weighted by atomic mass is 16.5. The van der Waals surface area contributed by atoms with E-state index in [1.165, 1.54) is 16.7 Å². The first kappa shape index (κ1) is 21.9. The average molecular weight is 348 g/mol. The van der Waals surface area contributed by atoms with Gasteiger partial charge in [-0.25, -0.2) is 0 Å². The van der Waals surface area contributed by atoms with Crippen molar-refractivity contribution in [3.8, 4) is 0 Å². The Labute approximate surface area is 154 Å². The molecule has 1 aliphatic heterocycles. The number of rotatable bonds is 4. The lowest BCUT2D eigenvalue weighted by Crippen LogP contribution is -2.40. The van der Waals surface area contributed by atoms with Crippen molar-refractivity contribution in [2.24, 2.45) is 10.8 Å². The monoisotopic (exact) mass is 347 g/mol. The summed E-state index contributed by atoms with van der Waals surface area (Å²) in [5, 5.41) is 9.02. The molecular formula is C22H37NO2. The van der Waals surface area contributed by atoms with Gasteiger partial charge in [-0.2, -0.15) is 0 Å². The van der Waals surface area contributed by atoms with E-state index >= 15 is 0 Å². The van der Waals surface area contributed by atoms with E-state index in [0.717, 1.165) is 32.8 Å². The van der Waals surface area contributed by atoms with Crippen LogP contribution in [0.5, 0.6) is 0 Å². The van der Waals surface area contributed by atoms with Gasteiger partial charge in [0.1, 0.15) is 0 Å². The minimum Gasteiger partial charge on any atom is -0.392 e. The number of nitrogens with zero attached hydrogens (tertiary/aromatic N) is 1. The molecular weight excluding hydrogens is 310 g/mol. The lowest BCUT2D eigenvalue weighted by atomic mass is 9.75. The summed E-state index contributed by atoms with van der Waals surface area (Å²) in [6.45, 7) is 25.3. The van der Waals surface area contributed by atoms with Crippen LogP contribution in [0.1, 0.15) is 41.5 Å². The predicted molar refractivity (Wildman–Crippen MR) is 108 cm³/mol. The van der Waals surface area contributed by atoms with E-state index in [-0.39, 0.29) is 16.9 Å². The maximum Gasteiger partial charge on any atom is 0.0639 e. The minimum absolute atomic E-state index is 0.0418. The van der Waals surface area contributed by atoms with Crippen LogP contribution in [0.2, 0.25) is 0 Å². The minimum atomic E-state index is -0.210. The van der Waals surface area contributed by atoms with Gasteiger partial charge >= 0.3 is 0 Å². The molecule has 2 rings (SSSR count). The molecule has 0 saturated carbocycles. The molecule has 3 nitrogen and oxygen atoms in total. The fourth-order valence-electron chi connectivity index (χ4n) is 3.77. The van der Waals surface area contributed by atoms with Gasteiger partial charge in [-0.1, -0.05) is 64.7 Å². The second-order valence-corrected chi connectivity index (χ2v) is 8.02. The zero-order valence-electron chi connectivity index (χ0n) is 17.1. The molecule has 0 spiro atoms. The van der Waals surface area contributed by atoms with Crippen LogP contribution in [0.15, 0.2) is 48.1 Å². The molecule has 1 atom stereocenters. The fourth-order valence-corrected chi connectivity index (χ4v) is 3.77. The van der Waals surface area contributed by atoms with Crippen LogP contribution in [0, 0.1) is 10.8 Å². The Morgan fingerprint density at radius 2 is 1.68 bits per heavy atom. The van der Waals surface area contributed by atoms with Crippen LogP contribution in [0.3, 0.4) is 0 Å². The molecule has 25 heavy (non-hydrogen) atoms. The molecule has 1 fully saturated rings. The van der Waals surface area contributed by atoms with Gasteiger partial charge < -0.3 is 9.84 Å². The zero-order valence-corrected chi connectivity index (χ0v) is 17.1. The molecule has 1 saturated heterocycles. The van der Waals surface area contributed by atoms with Gasteiger partial charge in [0.15, 0.2) is 0 Å². The van der Waals surface area contributed by atoms with Crippen LogP contribution in [-0.2, 0) is 4.74 Å². The van der Waals surface area contributed by atoms with Gasteiger partial charge in [0.05, 0.1) is 19.3 Å². The van der Waals surface area contributed by atoms with Crippen molar-refractivity contribution >= 4 is 0 Å². The summed E-state index contributed by atoms with van der Waals surface area (Å²) in [5.41, 5.74) is 4.04. The number of hydrogen-bond donors (Lipinski definition) is 1. The third-order valence-corrected chi connectivity index (χ3v) is 5.31. The standard InChI is InChI=1S/C15H22.C7H15NO2/c1-8-10-13-12(9-2)14(4,5)11(3)15(13,6)7;1-7(9)6-8-2-4-10-5-3-8/h8-10H,2-3H2,1,4-7H3;7,9H,2-6H2,1H3/b10-8-;. The van der Waals surface area contributed by atoms with Gasteiger partial charge in [0.2, 0.25) is 0 Å². The molecule has 0 amide bonds. The number of aliphatic hydroxyl groups excluding tert-OH is 1. The summed E-state index contributed by atoms with van der Waals surface area (Å²) in [6, 6.07) is 0. The summed E-state index contributed by atoms with van der Waals surface area (Å²) < 4.78 is 5.16. The Balaban J connectivity index is 0.000000271. The largest absolute Gasteiger partial charge is 0.392 e. The Morgan fingerprint density at radius 3 is 2.12 bits per heavy atom. The molecule has 1 aliphatic carbocycles. The summed E-state index contributed by atoms with van der Waals surface area (Å²) >= 11 is 0. The Morgan fingerprint density at radius 1 is 1.16 bits per heavy atom. The lowest BCUT2D eigenvalue weighted by molar-refractivity contribution is 0.0181. The van der Waals surface area contributed by atoms with E-state index in [4.69, 9.17) is 9.84 Å². The van der Waals surface area contributed by atoms with E-state index in [9.17, 15) is 0 Å². The highest BCUT2D eigenvalue weighted by molar-refractivity contribution is 5.55. The molecule has 0 aromatic rings. The molecule has 0 aromatic carbocycles. The molecule has 2 aliphatic rings. The van der Waals surface area contributed by atoms with Crippen molar-refractivity contribution in [3.63, 3.8) is 0 Å². The molecule has 1 unspecified atom stereocenters. The summed E-state index contributed by atoms with van der Waals surface area (Å²) in [4.78, 5) is 2.22. The van der Waals surface area contributed by atoms with Crippen molar-refractivity contribution in [1.29, 1.82) is 0 Å². The van der Waals surface area contributed by atoms with E-state index < -0.39 is 0 Å². The third-order valence-electron chi connectivity index (χ3n) is 5.31. The van der Waals surface area contributed by atoms with Gasteiger partial charge in [-0.3, -0.25) is 4.90 Å². The van der Waals surface area contributed by atoms with Gasteiger partial charge in [0.25, 0.3) is 0 Å². The number of aliphatic hydroxyl groups is 1. The van der Waals surface area contributed by atoms with Crippen molar-refractivity contribution < 1.29 is 9.84 Å². The van der Waals surface area contributed by atoms with Crippen molar-refractivity contribution in [2.75, 3.05) is 32.8 Å². The van der Waals surface area contributed by atoms with Gasteiger partial charge in [-0.15, -0.1) is 0 Å². The van der Waals surface area contributed by atoms with Crippen LogP contribution >= 0.6 is 0 Å². The van der Waals surface area contributed by atoms with Crippen LogP contribution in [0.4, 0.5) is 0 Å². The van der Waals surface area contributed by atoms with Crippen molar-refractivity contribution in [2.45, 2.75) is 47.6 Å². The SMILES string of the molecule is C=CC1=C(/C=C\C)C(C)(C)C(=C)C1(C)C.CC(O)CN1CCOCC1. The van der Waals surface area contributed by atoms with Crippen LogP contribution in [0.25, 0.3) is 0 Å². The normalized spacial score (nSPS) is 24.2. The van der Waals surface area contributed by atoms with Crippen LogP contribution in [-0.4, -0.2) is 49.0 Å². The Kier molecular flexibility index (Phi) is 7.86. The van der Waals surface area contributed by atoms with Crippen molar-refractivity contribution in [3.05, 3.63) is 48.1 Å². The van der Waals surface area contributed by atoms with Gasteiger partial charge in [0, 0.05) is 30.5 Å². The quantitative estimate of drug-likeness (QED) is 0.767. The first-order valence-electron chi connectivity index (χ1n) is 9.27. The molecule has 0 radical (unpaired) electrons. The Bertz CT molecular complexity index is 532. The summed E-state index contributed by atoms with van der Waals surface area (Å²) in [7, 11) is 0. The number of ether oxygens (including phenoxy) is 1. The topological polar surface area (TPSA) is 32.7 Å². The van der Waals surface area contributed by atoms with E-state index in [0.29, 0.717) is 0 Å². The number of morpholine rings is 1. The fraction of sp³-hybridized carbons (Fsp3) is 0.636. The average Bonchev–Trinajstić information content (AvgIpc) is 2.66. The lowest BCUT2D eigenvalue weighted by Gasteiger charge is -2.29. The molecule has 0 aromatic heterocycles. The molecule has 1 N–H and O–H groups in total. The highest BCUT2D eigenvalue weighted by Crippen LogP contribution is 2.56. The summed E-state index contributed by atoms with van der Waals surface area (Å²) in [5.74, 6) is 0. The Hall–Kier alpha value is -1.16. The zero-order chi connectivity index (χ0) is 19.3. The predicted octanol–water partition coefficient (Wildman–Crippen LogP) is 4.37. The maximum atomic E-state index is 9.02. The molecule has 1 heterocycles. The number of β-amino-alcohol motifs (C(OH)–C–C–N with tert-alkyl or cyclic N) is 1. The molecule has 3 heteroatoms. The smallest absolute Gasteiger partial charge is 0.0639 e. The number of allylic oxidation sites excluding steroid dienone is 6. The third kappa shape index (κ3) is 5.16. The maximum absolute atomic E-state index is 9.02. The number of hydrogen-bond acceptors (Lipinski definition) is 3. The second kappa shape index (κ2) is 8.98. The second-order valence-electron chi connectivity index (χ2n) is 8.02.